The average molecular weight is 392 g/mol. The van der Waals surface area contributed by atoms with Crippen molar-refractivity contribution in [2.24, 2.45) is 0 Å². The van der Waals surface area contributed by atoms with Gasteiger partial charge in [-0.25, -0.2) is 9.78 Å². The molecule has 138 valence electrons. The fourth-order valence-electron chi connectivity index (χ4n) is 2.75. The third-order valence-corrected chi connectivity index (χ3v) is 5.36. The molecule has 0 saturated heterocycles. The van der Waals surface area contributed by atoms with Gasteiger partial charge in [0, 0.05) is 12.1 Å². The molecule has 1 aromatic heterocycles. The number of nitrogens with zero attached hydrogens (tertiary/aromatic N) is 2. The van der Waals surface area contributed by atoms with Gasteiger partial charge in [0.15, 0.2) is 5.78 Å². The molecule has 0 bridgehead atoms. The predicted octanol–water partition coefficient (Wildman–Crippen LogP) is 3.95. The van der Waals surface area contributed by atoms with Gasteiger partial charge in [0.1, 0.15) is 5.01 Å². The Morgan fingerprint density at radius 1 is 1.07 bits per heavy atom. The summed E-state index contributed by atoms with van der Waals surface area (Å²) < 4.78 is 6.66. The van der Waals surface area contributed by atoms with E-state index in [-0.39, 0.29) is 17.0 Å². The molecule has 4 rings (SSSR count). The van der Waals surface area contributed by atoms with Crippen molar-refractivity contribution < 1.29 is 19.2 Å². The second-order valence-corrected chi connectivity index (χ2v) is 7.07. The fourth-order valence-corrected chi connectivity index (χ4v) is 3.80. The van der Waals surface area contributed by atoms with Gasteiger partial charge in [-0.2, -0.15) is 0 Å². The van der Waals surface area contributed by atoms with E-state index < -0.39 is 16.5 Å². The van der Waals surface area contributed by atoms with Crippen molar-refractivity contribution in [1.82, 2.24) is 4.98 Å². The zero-order valence-electron chi connectivity index (χ0n) is 14.3. The Balaban J connectivity index is 1.71. The van der Waals surface area contributed by atoms with Crippen LogP contribution in [0.4, 0.5) is 5.69 Å². The Hall–Kier alpha value is -3.65. The number of para-hydroxylation sites is 1. The number of allylic oxidation sites excluding steroid dienone is 2. The number of benzene rings is 2. The standard InChI is InChI=1S/C20H12N2O5S/c23-15-9-11-20(12-10-15,19-21-16-3-1-2-4-17(16)28-19)27-18(24)13-5-7-14(8-6-13)22(25)26/h1-12H. The van der Waals surface area contributed by atoms with Crippen LogP contribution in [0.3, 0.4) is 0 Å². The molecule has 0 radical (unpaired) electrons. The van der Waals surface area contributed by atoms with Crippen LogP contribution in [0.1, 0.15) is 15.4 Å². The van der Waals surface area contributed by atoms with Crippen LogP contribution in [0.5, 0.6) is 0 Å². The molecule has 0 fully saturated rings. The maximum absolute atomic E-state index is 12.7. The summed E-state index contributed by atoms with van der Waals surface area (Å²) in [6, 6.07) is 12.6. The van der Waals surface area contributed by atoms with Crippen LogP contribution in [-0.4, -0.2) is 21.7 Å². The molecular weight excluding hydrogens is 380 g/mol. The Bertz CT molecular complexity index is 1110. The topological polar surface area (TPSA) is 99.4 Å². The van der Waals surface area contributed by atoms with Crippen LogP contribution in [0.25, 0.3) is 10.2 Å². The summed E-state index contributed by atoms with van der Waals surface area (Å²) in [5.41, 5.74) is -0.534. The number of nitro groups is 1. The minimum atomic E-state index is -1.32. The highest BCUT2D eigenvalue weighted by atomic mass is 32.1. The number of carbonyl (C=O) groups excluding carboxylic acids is 2. The molecule has 0 N–H and O–H groups in total. The number of fused-ring (bicyclic) bond motifs is 1. The summed E-state index contributed by atoms with van der Waals surface area (Å²) >= 11 is 1.36. The second-order valence-electron chi connectivity index (χ2n) is 6.04. The molecule has 7 nitrogen and oxygen atoms in total. The van der Waals surface area contributed by atoms with Gasteiger partial charge < -0.3 is 4.74 Å². The van der Waals surface area contributed by atoms with Crippen LogP contribution in [0.15, 0.2) is 72.8 Å². The quantitative estimate of drug-likeness (QED) is 0.379. The van der Waals surface area contributed by atoms with Crippen LogP contribution >= 0.6 is 11.3 Å². The van der Waals surface area contributed by atoms with E-state index in [1.54, 1.807) is 0 Å². The highest BCUT2D eigenvalue weighted by molar-refractivity contribution is 7.18. The van der Waals surface area contributed by atoms with Crippen LogP contribution in [0.2, 0.25) is 0 Å². The lowest BCUT2D eigenvalue weighted by Crippen LogP contribution is -2.30. The van der Waals surface area contributed by atoms with Crippen molar-refractivity contribution >= 4 is 39.0 Å². The number of nitro benzene ring substituents is 1. The Kier molecular flexibility index (Phi) is 4.32. The van der Waals surface area contributed by atoms with Gasteiger partial charge in [0.25, 0.3) is 5.69 Å². The molecule has 1 aliphatic carbocycles. The number of hydrogen-bond acceptors (Lipinski definition) is 7. The molecule has 0 atom stereocenters. The zero-order valence-corrected chi connectivity index (χ0v) is 15.1. The number of aromatic nitrogens is 1. The number of rotatable bonds is 4. The van der Waals surface area contributed by atoms with Crippen molar-refractivity contribution in [3.63, 3.8) is 0 Å². The van der Waals surface area contributed by atoms with E-state index in [1.165, 1.54) is 59.9 Å². The molecule has 1 heterocycles. The SMILES string of the molecule is O=C1C=CC(OC(=O)c2ccc([N+](=O)[O-])cc2)(c2nc3ccccc3s2)C=C1. The number of esters is 1. The summed E-state index contributed by atoms with van der Waals surface area (Å²) in [7, 11) is 0. The van der Waals surface area contributed by atoms with E-state index in [1.807, 2.05) is 24.3 Å². The van der Waals surface area contributed by atoms with Gasteiger partial charge in [-0.3, -0.25) is 14.9 Å². The first kappa shape index (κ1) is 17.7. The van der Waals surface area contributed by atoms with Gasteiger partial charge >= 0.3 is 5.97 Å². The molecule has 0 saturated carbocycles. The first-order valence-corrected chi connectivity index (χ1v) is 9.05. The molecular formula is C20H12N2O5S. The van der Waals surface area contributed by atoms with Crippen LogP contribution < -0.4 is 0 Å². The summed E-state index contributed by atoms with van der Waals surface area (Å²) in [5, 5.41) is 11.3. The molecule has 0 unspecified atom stereocenters. The van der Waals surface area contributed by atoms with Gasteiger partial charge in [-0.15, -0.1) is 11.3 Å². The monoisotopic (exact) mass is 392 g/mol. The predicted molar refractivity (Wildman–Crippen MR) is 103 cm³/mol. The van der Waals surface area contributed by atoms with Crippen molar-refractivity contribution in [2.75, 3.05) is 0 Å². The molecule has 3 aromatic rings. The molecule has 1 aliphatic rings. The van der Waals surface area contributed by atoms with E-state index in [0.29, 0.717) is 5.01 Å². The number of ketones is 1. The van der Waals surface area contributed by atoms with E-state index >= 15 is 0 Å². The third-order valence-electron chi connectivity index (χ3n) is 4.19. The molecule has 28 heavy (non-hydrogen) atoms. The maximum atomic E-state index is 12.7. The largest absolute Gasteiger partial charge is 0.439 e. The lowest BCUT2D eigenvalue weighted by Gasteiger charge is -2.26. The average Bonchev–Trinajstić information content (AvgIpc) is 3.15. The van der Waals surface area contributed by atoms with Crippen molar-refractivity contribution in [2.45, 2.75) is 5.60 Å². The smallest absolute Gasteiger partial charge is 0.339 e. The number of ether oxygens (including phenoxy) is 1. The first-order valence-electron chi connectivity index (χ1n) is 8.23. The molecule has 0 spiro atoms. The summed E-state index contributed by atoms with van der Waals surface area (Å²) in [6.07, 6.45) is 5.65. The van der Waals surface area contributed by atoms with E-state index in [9.17, 15) is 19.7 Å². The molecule has 0 amide bonds. The minimum Gasteiger partial charge on any atom is -0.439 e. The van der Waals surface area contributed by atoms with Crippen molar-refractivity contribution in [3.05, 3.63) is 93.5 Å². The number of thiazole rings is 1. The highest BCUT2D eigenvalue weighted by Crippen LogP contribution is 2.37. The van der Waals surface area contributed by atoms with Gasteiger partial charge in [0.2, 0.25) is 5.60 Å². The summed E-state index contributed by atoms with van der Waals surface area (Å²) in [4.78, 5) is 39.1. The second kappa shape index (κ2) is 6.82. The van der Waals surface area contributed by atoms with Crippen LogP contribution in [0, 0.1) is 10.1 Å². The Morgan fingerprint density at radius 3 is 2.39 bits per heavy atom. The normalized spacial score (nSPS) is 14.9. The molecule has 8 heteroatoms. The number of hydrogen-bond donors (Lipinski definition) is 0. The first-order chi connectivity index (χ1) is 13.5. The lowest BCUT2D eigenvalue weighted by molar-refractivity contribution is -0.384. The van der Waals surface area contributed by atoms with E-state index in [2.05, 4.69) is 4.98 Å². The van der Waals surface area contributed by atoms with E-state index in [0.717, 1.165) is 10.2 Å². The Labute approximate surface area is 162 Å². The number of non-ortho nitro benzene ring substituents is 1. The van der Waals surface area contributed by atoms with Crippen LogP contribution in [-0.2, 0) is 15.1 Å². The van der Waals surface area contributed by atoms with Gasteiger partial charge in [-0.1, -0.05) is 12.1 Å². The molecule has 2 aromatic carbocycles. The minimum absolute atomic E-state index is 0.125. The molecule has 0 aliphatic heterocycles. The van der Waals surface area contributed by atoms with Gasteiger partial charge in [-0.05, 0) is 48.6 Å². The highest BCUT2D eigenvalue weighted by Gasteiger charge is 2.37. The zero-order chi connectivity index (χ0) is 19.7. The fraction of sp³-hybridized carbons (Fsp3) is 0.0500. The third kappa shape index (κ3) is 3.21. The lowest BCUT2D eigenvalue weighted by atomic mass is 9.97. The van der Waals surface area contributed by atoms with Crippen molar-refractivity contribution in [3.8, 4) is 0 Å². The van der Waals surface area contributed by atoms with E-state index in [4.69, 9.17) is 4.74 Å². The Morgan fingerprint density at radius 2 is 1.75 bits per heavy atom. The summed E-state index contributed by atoms with van der Waals surface area (Å²) in [5.74, 6) is -0.902. The number of carbonyl (C=O) groups is 2. The maximum Gasteiger partial charge on any atom is 0.339 e. The van der Waals surface area contributed by atoms with Gasteiger partial charge in [0.05, 0.1) is 20.7 Å². The summed E-state index contributed by atoms with van der Waals surface area (Å²) in [6.45, 7) is 0. The van der Waals surface area contributed by atoms with Crippen molar-refractivity contribution in [1.29, 1.82) is 0 Å².